The lowest BCUT2D eigenvalue weighted by Crippen LogP contribution is -2.15. The molecule has 1 amide bonds. The highest BCUT2D eigenvalue weighted by atomic mass is 16.2. The third-order valence-electron chi connectivity index (χ3n) is 2.79. The molecule has 94 valence electrons. The van der Waals surface area contributed by atoms with Gasteiger partial charge in [-0.25, -0.2) is 5.10 Å². The van der Waals surface area contributed by atoms with E-state index in [4.69, 9.17) is 5.73 Å². The van der Waals surface area contributed by atoms with E-state index in [1.165, 1.54) is 5.56 Å². The molecule has 0 spiro atoms. The normalized spacial score (nSPS) is 10.4. The first-order valence-corrected chi connectivity index (χ1v) is 5.54. The number of carbonyl (C=O) groups is 1. The molecule has 4 N–H and O–H groups in total. The summed E-state index contributed by atoms with van der Waals surface area (Å²) in [6.45, 7) is 5.97. The van der Waals surface area contributed by atoms with E-state index in [2.05, 4.69) is 20.5 Å². The summed E-state index contributed by atoms with van der Waals surface area (Å²) in [6, 6.07) is 3.95. The maximum atomic E-state index is 11.9. The van der Waals surface area contributed by atoms with Crippen LogP contribution in [0.25, 0.3) is 0 Å². The van der Waals surface area contributed by atoms with Crippen molar-refractivity contribution in [1.82, 2.24) is 15.2 Å². The zero-order chi connectivity index (χ0) is 13.3. The summed E-state index contributed by atoms with van der Waals surface area (Å²) in [4.78, 5) is 15.6. The average Bonchev–Trinajstić information content (AvgIpc) is 2.73. The number of nitrogens with one attached hydrogen (secondary N) is 2. The van der Waals surface area contributed by atoms with Crippen molar-refractivity contribution in [2.75, 3.05) is 11.1 Å². The molecule has 1 aromatic carbocycles. The van der Waals surface area contributed by atoms with Crippen LogP contribution in [-0.2, 0) is 0 Å². The van der Waals surface area contributed by atoms with Gasteiger partial charge in [0.25, 0.3) is 5.91 Å². The predicted octanol–water partition coefficient (Wildman–Crippen LogP) is 1.56. The first-order chi connectivity index (χ1) is 8.47. The van der Waals surface area contributed by atoms with Crippen LogP contribution in [0.5, 0.6) is 0 Å². The fraction of sp³-hybridized carbons (Fsp3) is 0.250. The first kappa shape index (κ1) is 12.1. The second-order valence-electron chi connectivity index (χ2n) is 4.25. The largest absolute Gasteiger partial charge is 0.368 e. The molecule has 0 unspecified atom stereocenters. The van der Waals surface area contributed by atoms with Crippen molar-refractivity contribution in [3.8, 4) is 0 Å². The van der Waals surface area contributed by atoms with Crippen LogP contribution in [0.2, 0.25) is 0 Å². The molecule has 0 saturated carbocycles. The number of aromatic nitrogens is 3. The van der Waals surface area contributed by atoms with Crippen LogP contribution >= 0.6 is 0 Å². The van der Waals surface area contributed by atoms with Gasteiger partial charge in [-0.05, 0) is 43.5 Å². The van der Waals surface area contributed by atoms with Gasteiger partial charge >= 0.3 is 0 Å². The van der Waals surface area contributed by atoms with Crippen molar-refractivity contribution in [3.05, 3.63) is 34.6 Å². The van der Waals surface area contributed by atoms with Crippen molar-refractivity contribution in [2.24, 2.45) is 0 Å². The number of nitrogens with two attached hydrogens (primary N) is 1. The fourth-order valence-electron chi connectivity index (χ4n) is 1.65. The van der Waals surface area contributed by atoms with Gasteiger partial charge in [-0.2, -0.15) is 4.98 Å². The van der Waals surface area contributed by atoms with Gasteiger partial charge in [0.2, 0.25) is 11.8 Å². The second-order valence-corrected chi connectivity index (χ2v) is 4.25. The van der Waals surface area contributed by atoms with Gasteiger partial charge in [0.15, 0.2) is 0 Å². The maximum Gasteiger partial charge on any atom is 0.295 e. The molecule has 1 heterocycles. The molecule has 0 aliphatic carbocycles. The van der Waals surface area contributed by atoms with Crippen molar-refractivity contribution in [1.29, 1.82) is 0 Å². The number of hydrogen-bond acceptors (Lipinski definition) is 4. The molecule has 2 aromatic rings. The van der Waals surface area contributed by atoms with Crippen molar-refractivity contribution >= 4 is 17.5 Å². The van der Waals surface area contributed by atoms with Gasteiger partial charge in [0.05, 0.1) is 0 Å². The smallest absolute Gasteiger partial charge is 0.295 e. The summed E-state index contributed by atoms with van der Waals surface area (Å²) in [6.07, 6.45) is 0. The molecule has 0 bridgehead atoms. The van der Waals surface area contributed by atoms with E-state index >= 15 is 0 Å². The Morgan fingerprint density at radius 1 is 1.22 bits per heavy atom. The number of H-pyrrole nitrogens is 1. The molecule has 0 atom stereocenters. The van der Waals surface area contributed by atoms with Crippen LogP contribution in [0.1, 0.15) is 27.3 Å². The van der Waals surface area contributed by atoms with E-state index in [0.717, 1.165) is 16.8 Å². The maximum absolute atomic E-state index is 11.9. The number of hydrogen-bond donors (Lipinski definition) is 3. The Balaban J connectivity index is 2.24. The van der Waals surface area contributed by atoms with Crippen LogP contribution in [0.4, 0.5) is 11.6 Å². The van der Waals surface area contributed by atoms with Gasteiger partial charge in [-0.15, -0.1) is 5.10 Å². The van der Waals surface area contributed by atoms with E-state index < -0.39 is 0 Å². The zero-order valence-electron chi connectivity index (χ0n) is 10.5. The summed E-state index contributed by atoms with van der Waals surface area (Å²) in [5.41, 5.74) is 9.43. The molecule has 6 heteroatoms. The summed E-state index contributed by atoms with van der Waals surface area (Å²) in [7, 11) is 0. The van der Waals surface area contributed by atoms with E-state index in [0.29, 0.717) is 0 Å². The third-order valence-corrected chi connectivity index (χ3v) is 2.79. The Labute approximate surface area is 105 Å². The van der Waals surface area contributed by atoms with Gasteiger partial charge < -0.3 is 11.1 Å². The Bertz CT molecular complexity index is 603. The zero-order valence-corrected chi connectivity index (χ0v) is 10.5. The quantitative estimate of drug-likeness (QED) is 0.748. The number of anilines is 2. The molecule has 0 radical (unpaired) electrons. The highest BCUT2D eigenvalue weighted by molar-refractivity contribution is 6.02. The highest BCUT2D eigenvalue weighted by Gasteiger charge is 2.13. The predicted molar refractivity (Wildman–Crippen MR) is 69.4 cm³/mol. The monoisotopic (exact) mass is 245 g/mol. The van der Waals surface area contributed by atoms with Crippen molar-refractivity contribution < 1.29 is 4.79 Å². The first-order valence-electron chi connectivity index (χ1n) is 5.54. The standard InChI is InChI=1S/C12H15N5O/c1-6-4-8(3)9(5-7(6)2)14-11(18)10-15-12(13)17-16-10/h4-5H,1-3H3,(H,14,18)(H3,13,15,16,17). The van der Waals surface area contributed by atoms with Crippen molar-refractivity contribution in [2.45, 2.75) is 20.8 Å². The van der Waals surface area contributed by atoms with Crippen LogP contribution in [0, 0.1) is 20.8 Å². The molecule has 0 saturated heterocycles. The lowest BCUT2D eigenvalue weighted by atomic mass is 10.0. The minimum atomic E-state index is -0.380. The third kappa shape index (κ3) is 2.32. The Kier molecular flexibility index (Phi) is 3.01. The molecule has 0 aliphatic rings. The molecule has 0 fully saturated rings. The molecular formula is C12H15N5O. The van der Waals surface area contributed by atoms with E-state index in [-0.39, 0.29) is 17.7 Å². The van der Waals surface area contributed by atoms with E-state index in [1.807, 2.05) is 32.9 Å². The summed E-state index contributed by atoms with van der Waals surface area (Å²) < 4.78 is 0. The number of benzene rings is 1. The van der Waals surface area contributed by atoms with Gasteiger partial charge in [-0.3, -0.25) is 4.79 Å². The lowest BCUT2D eigenvalue weighted by Gasteiger charge is -2.10. The fourth-order valence-corrected chi connectivity index (χ4v) is 1.65. The summed E-state index contributed by atoms with van der Waals surface area (Å²) >= 11 is 0. The number of amides is 1. The Morgan fingerprint density at radius 3 is 2.50 bits per heavy atom. The molecular weight excluding hydrogens is 230 g/mol. The molecule has 18 heavy (non-hydrogen) atoms. The van der Waals surface area contributed by atoms with Crippen LogP contribution < -0.4 is 11.1 Å². The molecule has 2 rings (SSSR count). The van der Waals surface area contributed by atoms with Crippen molar-refractivity contribution in [3.63, 3.8) is 0 Å². The van der Waals surface area contributed by atoms with E-state index in [1.54, 1.807) is 0 Å². The van der Waals surface area contributed by atoms with Crippen LogP contribution in [0.15, 0.2) is 12.1 Å². The number of rotatable bonds is 2. The van der Waals surface area contributed by atoms with Gasteiger partial charge in [-0.1, -0.05) is 6.07 Å². The SMILES string of the molecule is Cc1cc(C)c(NC(=O)c2n[nH]c(N)n2)cc1C. The molecule has 1 aromatic heterocycles. The number of carbonyl (C=O) groups excluding carboxylic acids is 1. The van der Waals surface area contributed by atoms with E-state index in [9.17, 15) is 4.79 Å². The second kappa shape index (κ2) is 4.48. The number of aromatic amines is 1. The lowest BCUT2D eigenvalue weighted by molar-refractivity contribution is 0.101. The minimum Gasteiger partial charge on any atom is -0.368 e. The van der Waals surface area contributed by atoms with Gasteiger partial charge in [0.1, 0.15) is 0 Å². The van der Waals surface area contributed by atoms with Gasteiger partial charge in [0, 0.05) is 5.69 Å². The topological polar surface area (TPSA) is 96.7 Å². The molecule has 0 aliphatic heterocycles. The number of nitrogen functional groups attached to an aromatic ring is 1. The summed E-state index contributed by atoms with van der Waals surface area (Å²) in [5, 5.41) is 8.90. The molecule has 6 nitrogen and oxygen atoms in total. The number of nitrogens with zero attached hydrogens (tertiary/aromatic N) is 2. The highest BCUT2D eigenvalue weighted by Crippen LogP contribution is 2.20. The minimum absolute atomic E-state index is 0.0325. The average molecular weight is 245 g/mol. The Hall–Kier alpha value is -2.37. The van der Waals surface area contributed by atoms with Crippen LogP contribution in [-0.4, -0.2) is 21.1 Å². The van der Waals surface area contributed by atoms with Crippen LogP contribution in [0.3, 0.4) is 0 Å². The Morgan fingerprint density at radius 2 is 1.89 bits per heavy atom. The summed E-state index contributed by atoms with van der Waals surface area (Å²) in [5.74, 6) is -0.226. The number of aryl methyl sites for hydroxylation is 3.